The number of aromatic hydroxyl groups is 2. The van der Waals surface area contributed by atoms with E-state index in [0.29, 0.717) is 11.4 Å². The maximum atomic E-state index is 14.2. The van der Waals surface area contributed by atoms with Gasteiger partial charge < -0.3 is 20.1 Å². The van der Waals surface area contributed by atoms with Crippen molar-refractivity contribution in [2.45, 2.75) is 13.3 Å². The molecule has 4 rings (SSSR count). The third kappa shape index (κ3) is 2.10. The van der Waals surface area contributed by atoms with Crippen LogP contribution in [0.2, 0.25) is 0 Å². The van der Waals surface area contributed by atoms with Gasteiger partial charge >= 0.3 is 0 Å². The second-order valence-corrected chi connectivity index (χ2v) is 5.88. The standard InChI is InChI=1S/C17H16FN3O2/c1-9-7-11(14(18)16(23)15(9)22)17-19-12-4-3-10(8-13(12)20-17)21-5-2-6-21/h3-4,7-8,22-23H,2,5-6H2,1H3,(H,19,20). The fourth-order valence-electron chi connectivity index (χ4n) is 2.84. The van der Waals surface area contributed by atoms with Crippen LogP contribution in [0.15, 0.2) is 24.3 Å². The van der Waals surface area contributed by atoms with Crippen molar-refractivity contribution < 1.29 is 14.6 Å². The highest BCUT2D eigenvalue weighted by molar-refractivity contribution is 5.83. The quantitative estimate of drug-likeness (QED) is 0.635. The molecule has 2 aromatic carbocycles. The molecule has 23 heavy (non-hydrogen) atoms. The molecule has 0 spiro atoms. The van der Waals surface area contributed by atoms with Gasteiger partial charge in [-0.1, -0.05) is 0 Å². The number of rotatable bonds is 2. The summed E-state index contributed by atoms with van der Waals surface area (Å²) in [6.45, 7) is 3.70. The lowest BCUT2D eigenvalue weighted by Gasteiger charge is -2.33. The van der Waals surface area contributed by atoms with Crippen LogP contribution >= 0.6 is 0 Å². The highest BCUT2D eigenvalue weighted by Crippen LogP contribution is 2.37. The zero-order chi connectivity index (χ0) is 16.1. The Morgan fingerprint density at radius 1 is 1.17 bits per heavy atom. The summed E-state index contributed by atoms with van der Waals surface area (Å²) < 4.78 is 14.2. The van der Waals surface area contributed by atoms with Gasteiger partial charge in [-0.3, -0.25) is 0 Å². The van der Waals surface area contributed by atoms with E-state index >= 15 is 0 Å². The average Bonchev–Trinajstić information content (AvgIpc) is 2.90. The van der Waals surface area contributed by atoms with Crippen LogP contribution in [0.3, 0.4) is 0 Å². The zero-order valence-corrected chi connectivity index (χ0v) is 12.6. The van der Waals surface area contributed by atoms with Crippen LogP contribution in [0.5, 0.6) is 11.5 Å². The fraction of sp³-hybridized carbons (Fsp3) is 0.235. The summed E-state index contributed by atoms with van der Waals surface area (Å²) in [6.07, 6.45) is 1.20. The van der Waals surface area contributed by atoms with Gasteiger partial charge in [0.05, 0.1) is 16.6 Å². The molecule has 1 aliphatic rings. The zero-order valence-electron chi connectivity index (χ0n) is 12.6. The fourth-order valence-corrected chi connectivity index (χ4v) is 2.84. The molecule has 6 heteroatoms. The molecule has 5 nitrogen and oxygen atoms in total. The molecule has 0 saturated carbocycles. The molecule has 1 fully saturated rings. The molecule has 0 aliphatic carbocycles. The van der Waals surface area contributed by atoms with E-state index in [1.54, 1.807) is 6.92 Å². The predicted molar refractivity (Wildman–Crippen MR) is 86.4 cm³/mol. The minimum Gasteiger partial charge on any atom is -0.504 e. The smallest absolute Gasteiger partial charge is 0.195 e. The largest absolute Gasteiger partial charge is 0.504 e. The number of hydrogen-bond donors (Lipinski definition) is 3. The second-order valence-electron chi connectivity index (χ2n) is 5.88. The lowest BCUT2D eigenvalue weighted by Crippen LogP contribution is -2.36. The molecule has 3 aromatic rings. The minimum atomic E-state index is -0.880. The molecular weight excluding hydrogens is 297 g/mol. The van der Waals surface area contributed by atoms with Gasteiger partial charge in [0.25, 0.3) is 0 Å². The summed E-state index contributed by atoms with van der Waals surface area (Å²) in [4.78, 5) is 9.75. The number of halogens is 1. The van der Waals surface area contributed by atoms with Crippen LogP contribution < -0.4 is 4.90 Å². The maximum Gasteiger partial charge on any atom is 0.195 e. The van der Waals surface area contributed by atoms with Crippen LogP contribution in [0.25, 0.3) is 22.4 Å². The number of aromatic nitrogens is 2. The number of H-pyrrole nitrogens is 1. The number of hydrogen-bond acceptors (Lipinski definition) is 4. The molecule has 0 radical (unpaired) electrons. The Balaban J connectivity index is 1.83. The number of nitrogens with one attached hydrogen (secondary N) is 1. The molecule has 1 aromatic heterocycles. The number of benzene rings is 2. The minimum absolute atomic E-state index is 0.138. The van der Waals surface area contributed by atoms with Gasteiger partial charge in [-0.05, 0) is 43.2 Å². The lowest BCUT2D eigenvalue weighted by atomic mass is 10.1. The van der Waals surface area contributed by atoms with Crippen LogP contribution in [-0.2, 0) is 0 Å². The highest BCUT2D eigenvalue weighted by Gasteiger charge is 2.20. The average molecular weight is 313 g/mol. The van der Waals surface area contributed by atoms with Crippen molar-refractivity contribution in [2.75, 3.05) is 18.0 Å². The molecule has 3 N–H and O–H groups in total. The number of aromatic amines is 1. The number of fused-ring (bicyclic) bond motifs is 1. The number of anilines is 1. The van der Waals surface area contributed by atoms with E-state index in [9.17, 15) is 14.6 Å². The predicted octanol–water partition coefficient (Wildman–Crippen LogP) is 3.30. The highest BCUT2D eigenvalue weighted by atomic mass is 19.1. The van der Waals surface area contributed by atoms with E-state index in [2.05, 4.69) is 14.9 Å². The molecule has 0 atom stereocenters. The Labute approximate surface area is 132 Å². The molecule has 0 amide bonds. The molecular formula is C17H16FN3O2. The molecule has 0 bridgehead atoms. The van der Waals surface area contributed by atoms with Crippen LogP contribution in [0.1, 0.15) is 12.0 Å². The van der Waals surface area contributed by atoms with Crippen molar-refractivity contribution in [2.24, 2.45) is 0 Å². The second kappa shape index (κ2) is 4.87. The van der Waals surface area contributed by atoms with E-state index in [4.69, 9.17) is 0 Å². The van der Waals surface area contributed by atoms with Crippen molar-refractivity contribution in [3.63, 3.8) is 0 Å². The Morgan fingerprint density at radius 2 is 1.96 bits per heavy atom. The number of aryl methyl sites for hydroxylation is 1. The molecule has 1 aliphatic heterocycles. The first kappa shape index (κ1) is 13.9. The van der Waals surface area contributed by atoms with E-state index in [1.165, 1.54) is 12.5 Å². The third-order valence-corrected chi connectivity index (χ3v) is 4.34. The monoisotopic (exact) mass is 313 g/mol. The van der Waals surface area contributed by atoms with Crippen molar-refractivity contribution in [3.8, 4) is 22.9 Å². The van der Waals surface area contributed by atoms with E-state index in [-0.39, 0.29) is 5.56 Å². The molecule has 2 heterocycles. The summed E-state index contributed by atoms with van der Waals surface area (Å²) in [5, 5.41) is 19.3. The SMILES string of the molecule is Cc1cc(-c2nc3ccc(N4CCC4)cc3[nH]2)c(F)c(O)c1O. The Hall–Kier alpha value is -2.76. The van der Waals surface area contributed by atoms with Gasteiger partial charge in [0.2, 0.25) is 0 Å². The van der Waals surface area contributed by atoms with E-state index in [0.717, 1.165) is 29.8 Å². The summed E-state index contributed by atoms with van der Waals surface area (Å²) >= 11 is 0. The Bertz CT molecular complexity index is 916. The summed E-state index contributed by atoms with van der Waals surface area (Å²) in [7, 11) is 0. The summed E-state index contributed by atoms with van der Waals surface area (Å²) in [6, 6.07) is 7.37. The van der Waals surface area contributed by atoms with Gasteiger partial charge in [0.15, 0.2) is 17.3 Å². The van der Waals surface area contributed by atoms with Gasteiger partial charge in [0.1, 0.15) is 5.82 Å². The van der Waals surface area contributed by atoms with E-state index < -0.39 is 17.3 Å². The molecule has 1 saturated heterocycles. The van der Waals surface area contributed by atoms with E-state index in [1.807, 2.05) is 18.2 Å². The van der Waals surface area contributed by atoms with Crippen LogP contribution in [-0.4, -0.2) is 33.3 Å². The number of nitrogens with zero attached hydrogens (tertiary/aromatic N) is 2. The van der Waals surface area contributed by atoms with Crippen LogP contribution in [0, 0.1) is 12.7 Å². The normalized spacial score (nSPS) is 14.3. The molecule has 0 unspecified atom stereocenters. The van der Waals surface area contributed by atoms with Gasteiger partial charge in [-0.25, -0.2) is 9.37 Å². The van der Waals surface area contributed by atoms with Crippen molar-refractivity contribution >= 4 is 16.7 Å². The first-order valence-electron chi connectivity index (χ1n) is 7.50. The van der Waals surface area contributed by atoms with Crippen molar-refractivity contribution in [1.82, 2.24) is 9.97 Å². The van der Waals surface area contributed by atoms with Crippen LogP contribution in [0.4, 0.5) is 10.1 Å². The first-order chi connectivity index (χ1) is 11.0. The lowest BCUT2D eigenvalue weighted by molar-refractivity contribution is 0.377. The number of phenolic OH excluding ortho intramolecular Hbond substituents is 2. The van der Waals surface area contributed by atoms with Gasteiger partial charge in [-0.15, -0.1) is 0 Å². The topological polar surface area (TPSA) is 72.4 Å². The molecule has 118 valence electrons. The Kier molecular flexibility index (Phi) is 2.94. The van der Waals surface area contributed by atoms with Crippen molar-refractivity contribution in [3.05, 3.63) is 35.6 Å². The summed E-state index contributed by atoms with van der Waals surface area (Å²) in [5.41, 5.74) is 3.19. The first-order valence-corrected chi connectivity index (χ1v) is 7.50. The summed E-state index contributed by atoms with van der Waals surface area (Å²) in [5.74, 6) is -1.74. The van der Waals surface area contributed by atoms with Crippen molar-refractivity contribution in [1.29, 1.82) is 0 Å². The van der Waals surface area contributed by atoms with Gasteiger partial charge in [0, 0.05) is 18.8 Å². The third-order valence-electron chi connectivity index (χ3n) is 4.34. The number of imidazole rings is 1. The Morgan fingerprint density at radius 3 is 2.65 bits per heavy atom. The number of phenols is 2. The maximum absolute atomic E-state index is 14.2. The van der Waals surface area contributed by atoms with Gasteiger partial charge in [-0.2, -0.15) is 0 Å².